The number of pyridine rings is 2. The molecule has 2 aromatic heterocycles. The van der Waals surface area contributed by atoms with Crippen molar-refractivity contribution >= 4 is 16.6 Å². The summed E-state index contributed by atoms with van der Waals surface area (Å²) >= 11 is 0. The van der Waals surface area contributed by atoms with Gasteiger partial charge >= 0.3 is 0 Å². The van der Waals surface area contributed by atoms with Crippen LogP contribution < -0.4 is 16.0 Å². The van der Waals surface area contributed by atoms with Gasteiger partial charge in [-0.25, -0.2) is 4.98 Å². The molecule has 5 heteroatoms. The average Bonchev–Trinajstić information content (AvgIpc) is 3.52. The summed E-state index contributed by atoms with van der Waals surface area (Å²) in [5.74, 6) is 0. The number of hydrogen-bond donors (Lipinski definition) is 2. The zero-order valence-corrected chi connectivity index (χ0v) is 19.8. The number of nitrogens with zero attached hydrogens (tertiary/aromatic N) is 3. The lowest BCUT2D eigenvalue weighted by Gasteiger charge is -2.31. The van der Waals surface area contributed by atoms with Crippen molar-refractivity contribution in [2.75, 3.05) is 18.0 Å². The van der Waals surface area contributed by atoms with Crippen LogP contribution in [0.15, 0.2) is 66.9 Å². The van der Waals surface area contributed by atoms with Gasteiger partial charge in [-0.05, 0) is 55.2 Å². The summed E-state index contributed by atoms with van der Waals surface area (Å²) in [5.41, 5.74) is 15.0. The highest BCUT2D eigenvalue weighted by molar-refractivity contribution is 5.97. The molecule has 2 aliphatic rings. The minimum Gasteiger partial charge on any atom is -0.365 e. The highest BCUT2D eigenvalue weighted by Gasteiger charge is 2.38. The summed E-state index contributed by atoms with van der Waals surface area (Å²) in [7, 11) is 0. The fourth-order valence-corrected chi connectivity index (χ4v) is 5.57. The van der Waals surface area contributed by atoms with E-state index in [1.807, 2.05) is 13.1 Å². The maximum absolute atomic E-state index is 6.03. The number of benzene rings is 2. The van der Waals surface area contributed by atoms with E-state index in [0.29, 0.717) is 12.1 Å². The van der Waals surface area contributed by atoms with Gasteiger partial charge in [-0.3, -0.25) is 4.98 Å². The molecule has 3 atom stereocenters. The summed E-state index contributed by atoms with van der Waals surface area (Å²) < 4.78 is 0. The third-order valence-corrected chi connectivity index (χ3v) is 7.43. The molecular weight excluding hydrogens is 418 g/mol. The van der Waals surface area contributed by atoms with Gasteiger partial charge in [0, 0.05) is 59.6 Å². The van der Waals surface area contributed by atoms with Crippen molar-refractivity contribution < 1.29 is 0 Å². The number of fused-ring (bicyclic) bond motifs is 3. The summed E-state index contributed by atoms with van der Waals surface area (Å²) in [4.78, 5) is 12.4. The molecule has 0 unspecified atom stereocenters. The maximum atomic E-state index is 6.03. The van der Waals surface area contributed by atoms with Gasteiger partial charge < -0.3 is 16.0 Å². The van der Waals surface area contributed by atoms with Crippen LogP contribution in [0.4, 0.5) is 5.69 Å². The number of hydrogen-bond acceptors (Lipinski definition) is 5. The van der Waals surface area contributed by atoms with Crippen LogP contribution in [0, 0.1) is 0 Å². The Balaban J connectivity index is 1.46. The Kier molecular flexibility index (Phi) is 5.31. The van der Waals surface area contributed by atoms with Crippen LogP contribution in [0.2, 0.25) is 0 Å². The van der Waals surface area contributed by atoms with Crippen molar-refractivity contribution in [3.8, 4) is 22.5 Å². The van der Waals surface area contributed by atoms with E-state index in [-0.39, 0.29) is 6.04 Å². The van der Waals surface area contributed by atoms with Crippen LogP contribution in [0.5, 0.6) is 0 Å². The fourth-order valence-electron chi connectivity index (χ4n) is 5.57. The highest BCUT2D eigenvalue weighted by atomic mass is 15.3. The van der Waals surface area contributed by atoms with E-state index < -0.39 is 0 Å². The number of nitrogens with two attached hydrogens (primary N) is 1. The normalized spacial score (nSPS) is 20.3. The van der Waals surface area contributed by atoms with Gasteiger partial charge in [0.1, 0.15) is 0 Å². The molecule has 2 bridgehead atoms. The van der Waals surface area contributed by atoms with Gasteiger partial charge in [0.15, 0.2) is 0 Å². The Morgan fingerprint density at radius 2 is 1.91 bits per heavy atom. The van der Waals surface area contributed by atoms with E-state index in [9.17, 15) is 0 Å². The molecule has 0 radical (unpaired) electrons. The van der Waals surface area contributed by atoms with Crippen molar-refractivity contribution in [3.63, 3.8) is 0 Å². The second-order valence-electron chi connectivity index (χ2n) is 9.68. The predicted molar refractivity (Wildman–Crippen MR) is 140 cm³/mol. The maximum Gasteiger partial charge on any atom is 0.0733 e. The molecule has 0 spiro atoms. The van der Waals surface area contributed by atoms with Gasteiger partial charge in [-0.1, -0.05) is 43.3 Å². The predicted octanol–water partition coefficient (Wildman–Crippen LogP) is 5.10. The van der Waals surface area contributed by atoms with E-state index in [4.69, 9.17) is 10.7 Å². The molecule has 2 aromatic carbocycles. The summed E-state index contributed by atoms with van der Waals surface area (Å²) in [6.07, 6.45) is 4.12. The quantitative estimate of drug-likeness (QED) is 0.444. The van der Waals surface area contributed by atoms with Crippen LogP contribution in [-0.4, -0.2) is 35.1 Å². The van der Waals surface area contributed by atoms with E-state index >= 15 is 0 Å². The molecule has 6 rings (SSSR count). The third kappa shape index (κ3) is 3.65. The lowest BCUT2D eigenvalue weighted by molar-refractivity contribution is 0.581. The molecule has 172 valence electrons. The lowest BCUT2D eigenvalue weighted by atomic mass is 10.00. The summed E-state index contributed by atoms with van der Waals surface area (Å²) in [5, 5.41) is 4.95. The molecule has 5 nitrogen and oxygen atoms in total. The minimum atomic E-state index is 0.0256. The van der Waals surface area contributed by atoms with E-state index in [0.717, 1.165) is 53.1 Å². The minimum absolute atomic E-state index is 0.0256. The second-order valence-corrected chi connectivity index (χ2v) is 9.68. The van der Waals surface area contributed by atoms with E-state index in [1.165, 1.54) is 23.1 Å². The number of anilines is 1. The Hall–Kier alpha value is -3.28. The zero-order chi connectivity index (χ0) is 23.2. The highest BCUT2D eigenvalue weighted by Crippen LogP contribution is 2.38. The molecule has 4 aromatic rings. The first-order chi connectivity index (χ1) is 16.6. The lowest BCUT2D eigenvalue weighted by Crippen LogP contribution is -2.43. The molecule has 2 aliphatic heterocycles. The molecule has 0 aliphatic carbocycles. The molecule has 0 saturated carbocycles. The zero-order valence-electron chi connectivity index (χ0n) is 19.8. The molecule has 3 N–H and O–H groups in total. The van der Waals surface area contributed by atoms with Crippen LogP contribution in [-0.2, 0) is 6.42 Å². The van der Waals surface area contributed by atoms with Gasteiger partial charge in [0.25, 0.3) is 0 Å². The van der Waals surface area contributed by atoms with Crippen LogP contribution in [0.25, 0.3) is 33.4 Å². The van der Waals surface area contributed by atoms with Gasteiger partial charge in [-0.15, -0.1) is 0 Å². The monoisotopic (exact) mass is 449 g/mol. The van der Waals surface area contributed by atoms with Crippen molar-refractivity contribution in [2.24, 2.45) is 5.73 Å². The van der Waals surface area contributed by atoms with Crippen LogP contribution >= 0.6 is 0 Å². The van der Waals surface area contributed by atoms with Gasteiger partial charge in [0.05, 0.1) is 16.9 Å². The van der Waals surface area contributed by atoms with Crippen LogP contribution in [0.1, 0.15) is 37.4 Å². The molecule has 2 fully saturated rings. The van der Waals surface area contributed by atoms with E-state index in [2.05, 4.69) is 82.8 Å². The van der Waals surface area contributed by atoms with Gasteiger partial charge in [0.2, 0.25) is 0 Å². The number of piperazine rings is 1. The van der Waals surface area contributed by atoms with Crippen molar-refractivity contribution in [1.82, 2.24) is 15.3 Å². The topological polar surface area (TPSA) is 67.1 Å². The number of rotatable bonds is 5. The third-order valence-electron chi connectivity index (χ3n) is 7.43. The van der Waals surface area contributed by atoms with Crippen LogP contribution in [0.3, 0.4) is 0 Å². The number of aromatic nitrogens is 2. The largest absolute Gasteiger partial charge is 0.365 e. The summed E-state index contributed by atoms with van der Waals surface area (Å²) in [6.45, 7) is 6.36. The molecule has 4 heterocycles. The standard InChI is InChI=1S/C29H31N5/c1-3-19-5-4-6-25-29(19)28(34-17-23-14-24(34)16-32-23)15-27(33-25)22-11-12-31-26(13-22)21-9-7-20(8-10-21)18(2)30/h4-13,15,18,23-24,32H,3,14,16-17,30H2,1-2H3/t18-,23-,24-/m0/s1. The summed E-state index contributed by atoms with van der Waals surface area (Å²) in [6, 6.07) is 22.6. The average molecular weight is 450 g/mol. The first-order valence-electron chi connectivity index (χ1n) is 12.4. The molecule has 0 amide bonds. The number of aryl methyl sites for hydroxylation is 1. The van der Waals surface area contributed by atoms with E-state index in [1.54, 1.807) is 0 Å². The van der Waals surface area contributed by atoms with Crippen molar-refractivity contribution in [3.05, 3.63) is 78.0 Å². The smallest absolute Gasteiger partial charge is 0.0733 e. The van der Waals surface area contributed by atoms with Crippen molar-refractivity contribution in [1.29, 1.82) is 0 Å². The molecule has 2 saturated heterocycles. The Morgan fingerprint density at radius 3 is 2.62 bits per heavy atom. The first kappa shape index (κ1) is 21.3. The number of nitrogens with one attached hydrogen (secondary N) is 1. The first-order valence-corrected chi connectivity index (χ1v) is 12.4. The van der Waals surface area contributed by atoms with Crippen molar-refractivity contribution in [2.45, 2.75) is 44.8 Å². The fraction of sp³-hybridized carbons (Fsp3) is 0.310. The SMILES string of the molecule is CCc1cccc2nc(-c3ccnc(-c4ccc([C@H](C)N)cc4)c3)cc(N3C[C@@H]4C[C@H]3CN4)c12. The Morgan fingerprint density at radius 1 is 1.06 bits per heavy atom. The second kappa shape index (κ2) is 8.49. The molecule has 34 heavy (non-hydrogen) atoms. The Labute approximate surface area is 201 Å². The van der Waals surface area contributed by atoms with Gasteiger partial charge in [-0.2, -0.15) is 0 Å². The Bertz CT molecular complexity index is 1340. The molecular formula is C29H31N5.